The van der Waals surface area contributed by atoms with E-state index in [4.69, 9.17) is 0 Å². The fourth-order valence-corrected chi connectivity index (χ4v) is 2.34. The Bertz CT molecular complexity index is 301. The molecule has 1 atom stereocenters. The van der Waals surface area contributed by atoms with Gasteiger partial charge in [-0.3, -0.25) is 4.79 Å². The normalized spacial score (nSPS) is 21.3. The monoisotopic (exact) mass is 268 g/mol. The lowest BCUT2D eigenvalue weighted by Crippen LogP contribution is -2.75. The second-order valence-electron chi connectivity index (χ2n) is 5.32. The lowest BCUT2D eigenvalue weighted by atomic mass is 9.91. The summed E-state index contributed by atoms with van der Waals surface area (Å²) in [5.74, 6) is -0.246. The molecule has 17 heavy (non-hydrogen) atoms. The molecule has 7 heteroatoms. The Morgan fingerprint density at radius 1 is 1.47 bits per heavy atom. The van der Waals surface area contributed by atoms with Gasteiger partial charge in [0.05, 0.1) is 13.1 Å². The van der Waals surface area contributed by atoms with E-state index in [-0.39, 0.29) is 19.0 Å². The number of hydrogen-bond acceptors (Lipinski definition) is 3. The highest BCUT2D eigenvalue weighted by Crippen LogP contribution is 2.30. The van der Waals surface area contributed by atoms with E-state index >= 15 is 0 Å². The second-order valence-corrected chi connectivity index (χ2v) is 7.28. The number of rotatable bonds is 3. The van der Waals surface area contributed by atoms with Crippen molar-refractivity contribution in [2.75, 3.05) is 13.1 Å². The fraction of sp³-hybridized carbons (Fsp3) is 0.900. The summed E-state index contributed by atoms with van der Waals surface area (Å²) in [7, 11) is 0. The Kier molecular flexibility index (Phi) is 4.05. The van der Waals surface area contributed by atoms with Gasteiger partial charge < -0.3 is 9.45 Å². The molecule has 0 bridgehead atoms. The first-order valence-corrected chi connectivity index (χ1v) is 6.47. The molecule has 1 amide bonds. The van der Waals surface area contributed by atoms with E-state index in [1.54, 1.807) is 20.8 Å². The van der Waals surface area contributed by atoms with Gasteiger partial charge in [-0.05, 0) is 20.8 Å². The van der Waals surface area contributed by atoms with Crippen molar-refractivity contribution in [1.29, 1.82) is 0 Å². The second kappa shape index (κ2) is 4.70. The predicted octanol–water partition coefficient (Wildman–Crippen LogP) is 0.904. The highest BCUT2D eigenvalue weighted by molar-refractivity contribution is 7.90. The molecule has 1 N–H and O–H groups in total. The van der Waals surface area contributed by atoms with Gasteiger partial charge in [0, 0.05) is 18.3 Å². The number of likely N-dealkylation sites (tertiary alicyclic amines) is 1. The number of carbonyl (C=O) groups excluding carboxylic acids is 1. The summed E-state index contributed by atoms with van der Waals surface area (Å²) < 4.78 is 39.7. The zero-order valence-electron chi connectivity index (χ0n) is 10.4. The van der Waals surface area contributed by atoms with E-state index in [0.29, 0.717) is 0 Å². The lowest BCUT2D eigenvalue weighted by molar-refractivity contribution is -0.143. The Labute approximate surface area is 103 Å². The Hall–Kier alpha value is -0.400. The number of nitrogens with zero attached hydrogens (tertiary/aromatic N) is 1. The van der Waals surface area contributed by atoms with E-state index in [0.717, 1.165) is 0 Å². The van der Waals surface area contributed by atoms with Crippen molar-refractivity contribution in [3.8, 4) is 0 Å². The zero-order chi connectivity index (χ0) is 13.4. The molecule has 1 saturated heterocycles. The Morgan fingerprint density at radius 2 is 1.94 bits per heavy atom. The number of halogens is 2. The smallest absolute Gasteiger partial charge is 0.264 e. The topological polar surface area (TPSA) is 55.4 Å². The van der Waals surface area contributed by atoms with Gasteiger partial charge in [-0.2, -0.15) is 0 Å². The van der Waals surface area contributed by atoms with Crippen LogP contribution in [-0.4, -0.2) is 45.2 Å². The van der Waals surface area contributed by atoms with Crippen molar-refractivity contribution in [3.05, 3.63) is 0 Å². The Morgan fingerprint density at radius 3 is 2.24 bits per heavy atom. The first kappa shape index (κ1) is 14.7. The summed E-state index contributed by atoms with van der Waals surface area (Å²) in [5, 5.41) is 0. The number of alkyl halides is 2. The van der Waals surface area contributed by atoms with E-state index in [2.05, 4.69) is 4.72 Å². The first-order valence-electron chi connectivity index (χ1n) is 5.32. The van der Waals surface area contributed by atoms with Gasteiger partial charge in [-0.1, -0.05) is 0 Å². The highest BCUT2D eigenvalue weighted by Gasteiger charge is 2.55. The van der Waals surface area contributed by atoms with Crippen molar-refractivity contribution in [3.63, 3.8) is 0 Å². The lowest BCUT2D eigenvalue weighted by Gasteiger charge is -2.49. The van der Waals surface area contributed by atoms with Crippen LogP contribution < -0.4 is 4.72 Å². The van der Waals surface area contributed by atoms with Gasteiger partial charge in [0.25, 0.3) is 6.43 Å². The van der Waals surface area contributed by atoms with Crippen molar-refractivity contribution in [2.45, 2.75) is 44.4 Å². The van der Waals surface area contributed by atoms with Crippen LogP contribution in [0.2, 0.25) is 0 Å². The van der Waals surface area contributed by atoms with E-state index in [9.17, 15) is 18.1 Å². The number of amides is 1. The molecule has 1 aliphatic heterocycles. The number of hydrogen-bond donors (Lipinski definition) is 1. The third-order valence-corrected chi connectivity index (χ3v) is 4.37. The van der Waals surface area contributed by atoms with Crippen LogP contribution in [0.3, 0.4) is 0 Å². The van der Waals surface area contributed by atoms with Gasteiger partial charge in [0.2, 0.25) is 5.91 Å². The maximum Gasteiger partial charge on any atom is 0.264 e. The molecule has 0 spiro atoms. The van der Waals surface area contributed by atoms with Crippen molar-refractivity contribution in [1.82, 2.24) is 9.62 Å². The fourth-order valence-electron chi connectivity index (χ4n) is 1.44. The van der Waals surface area contributed by atoms with Crippen LogP contribution in [0.4, 0.5) is 8.78 Å². The summed E-state index contributed by atoms with van der Waals surface area (Å²) >= 11 is -1.57. The minimum absolute atomic E-state index is 0.0954. The van der Waals surface area contributed by atoms with Crippen LogP contribution in [0.25, 0.3) is 0 Å². The van der Waals surface area contributed by atoms with E-state index < -0.39 is 28.1 Å². The van der Waals surface area contributed by atoms with Crippen LogP contribution in [0.1, 0.15) is 27.7 Å². The molecule has 0 aromatic carbocycles. The van der Waals surface area contributed by atoms with Gasteiger partial charge >= 0.3 is 0 Å². The van der Waals surface area contributed by atoms with E-state index in [1.807, 2.05) is 0 Å². The van der Waals surface area contributed by atoms with Crippen molar-refractivity contribution in [2.24, 2.45) is 0 Å². The molecule has 1 aliphatic rings. The average Bonchev–Trinajstić information content (AvgIpc) is 2.06. The molecule has 0 aliphatic carbocycles. The molecule has 100 valence electrons. The summed E-state index contributed by atoms with van der Waals surface area (Å²) in [5.41, 5.74) is -1.52. The summed E-state index contributed by atoms with van der Waals surface area (Å²) in [6, 6.07) is 0. The largest absolute Gasteiger partial charge is 0.598 e. The molecular weight excluding hydrogens is 250 g/mol. The predicted molar refractivity (Wildman–Crippen MR) is 62.0 cm³/mol. The third kappa shape index (κ3) is 3.08. The van der Waals surface area contributed by atoms with Crippen molar-refractivity contribution >= 4 is 17.3 Å². The van der Waals surface area contributed by atoms with Crippen LogP contribution in [-0.2, 0) is 16.2 Å². The molecule has 1 unspecified atom stereocenters. The number of carbonyl (C=O) groups is 1. The van der Waals surface area contributed by atoms with Crippen LogP contribution in [0.5, 0.6) is 0 Å². The van der Waals surface area contributed by atoms with Gasteiger partial charge in [-0.25, -0.2) is 8.78 Å². The molecule has 0 aromatic rings. The molecule has 1 fully saturated rings. The average molecular weight is 268 g/mol. The van der Waals surface area contributed by atoms with Crippen LogP contribution in [0.15, 0.2) is 0 Å². The van der Waals surface area contributed by atoms with Gasteiger partial charge in [0.1, 0.15) is 4.75 Å². The maximum atomic E-state index is 13.0. The molecule has 0 aromatic heterocycles. The van der Waals surface area contributed by atoms with Crippen LogP contribution >= 0.6 is 0 Å². The molecular formula is C10H18F2N2O2S. The molecule has 4 nitrogen and oxygen atoms in total. The summed E-state index contributed by atoms with van der Waals surface area (Å²) in [6.07, 6.45) is -2.65. The molecule has 1 heterocycles. The Balaban J connectivity index is 2.68. The maximum absolute atomic E-state index is 13.0. The van der Waals surface area contributed by atoms with Crippen molar-refractivity contribution < 1.29 is 18.1 Å². The minimum atomic E-state index is -2.65. The van der Waals surface area contributed by atoms with Crippen LogP contribution in [0, 0.1) is 0 Å². The first-order chi connectivity index (χ1) is 7.58. The quantitative estimate of drug-likeness (QED) is 0.774. The number of nitrogens with one attached hydrogen (secondary N) is 1. The standard InChI is InChI=1S/C10H18F2N2O2S/c1-7(15)14-5-10(6-14,8(11)12)13-17(16)9(2,3)4/h8,13H,5-6H2,1-4H3. The molecule has 0 radical (unpaired) electrons. The minimum Gasteiger partial charge on any atom is -0.598 e. The SMILES string of the molecule is CC(=O)N1CC(N[S+]([O-])C(C)(C)C)(C(F)F)C1. The summed E-state index contributed by atoms with van der Waals surface area (Å²) in [6.45, 7) is 6.25. The zero-order valence-corrected chi connectivity index (χ0v) is 11.2. The van der Waals surface area contributed by atoms with Gasteiger partial charge in [0.15, 0.2) is 5.54 Å². The molecule has 0 saturated carbocycles. The molecule has 1 rings (SSSR count). The van der Waals surface area contributed by atoms with E-state index in [1.165, 1.54) is 11.8 Å². The third-order valence-electron chi connectivity index (χ3n) is 2.66. The summed E-state index contributed by atoms with van der Waals surface area (Å²) in [4.78, 5) is 12.3. The van der Waals surface area contributed by atoms with Gasteiger partial charge in [-0.15, -0.1) is 4.72 Å². The highest BCUT2D eigenvalue weighted by atomic mass is 32.2.